The number of thiocarbonyl (C=S) groups is 1. The van der Waals surface area contributed by atoms with E-state index in [4.69, 9.17) is 17.0 Å². The zero-order valence-electron chi connectivity index (χ0n) is 16.1. The average Bonchev–Trinajstić information content (AvgIpc) is 2.64. The van der Waals surface area contributed by atoms with Gasteiger partial charge >= 0.3 is 0 Å². The number of amides is 1. The highest BCUT2D eigenvalue weighted by molar-refractivity contribution is 7.80. The second kappa shape index (κ2) is 9.78. The molecule has 0 unspecified atom stereocenters. The van der Waals surface area contributed by atoms with Crippen molar-refractivity contribution in [1.82, 2.24) is 16.2 Å². The average molecular weight is 387 g/mol. The molecule has 1 amide bonds. The van der Waals surface area contributed by atoms with E-state index in [0.29, 0.717) is 11.7 Å². The summed E-state index contributed by atoms with van der Waals surface area (Å²) in [4.78, 5) is 12.0. The predicted octanol–water partition coefficient (Wildman–Crippen LogP) is 2.73. The zero-order valence-corrected chi connectivity index (χ0v) is 16.9. The van der Waals surface area contributed by atoms with E-state index in [0.717, 1.165) is 28.1 Å². The molecule has 6 nitrogen and oxygen atoms in total. The van der Waals surface area contributed by atoms with Crippen LogP contribution < -0.4 is 26.2 Å². The minimum Gasteiger partial charge on any atom is -0.497 e. The Morgan fingerprint density at radius 3 is 2.26 bits per heavy atom. The van der Waals surface area contributed by atoms with Gasteiger partial charge in [0.1, 0.15) is 5.75 Å². The number of anilines is 1. The molecule has 4 N–H and O–H groups in total. The number of ether oxygens (including phenoxy) is 1. The van der Waals surface area contributed by atoms with Crippen LogP contribution >= 0.6 is 12.2 Å². The molecule has 0 aliphatic rings. The third-order valence-corrected chi connectivity index (χ3v) is 4.28. The highest BCUT2D eigenvalue weighted by Gasteiger charge is 2.07. The Labute approximate surface area is 165 Å². The zero-order chi connectivity index (χ0) is 19.8. The SMILES string of the molecule is COc1ccc(CNC(=S)NNC(=O)CNc2c(C)cc(C)cc2C)cc1. The van der Waals surface area contributed by atoms with E-state index in [1.807, 2.05) is 38.1 Å². The highest BCUT2D eigenvalue weighted by Crippen LogP contribution is 2.21. The highest BCUT2D eigenvalue weighted by atomic mass is 32.1. The first kappa shape index (κ1) is 20.5. The number of hydrogen-bond donors (Lipinski definition) is 4. The molecule has 0 bridgehead atoms. The fourth-order valence-electron chi connectivity index (χ4n) is 2.77. The van der Waals surface area contributed by atoms with Gasteiger partial charge in [0.2, 0.25) is 0 Å². The van der Waals surface area contributed by atoms with Crippen molar-refractivity contribution in [2.24, 2.45) is 0 Å². The van der Waals surface area contributed by atoms with Gasteiger partial charge in [-0.15, -0.1) is 0 Å². The van der Waals surface area contributed by atoms with Crippen LogP contribution in [0.2, 0.25) is 0 Å². The van der Waals surface area contributed by atoms with Crippen LogP contribution in [-0.2, 0) is 11.3 Å². The Kier molecular flexibility index (Phi) is 7.43. The summed E-state index contributed by atoms with van der Waals surface area (Å²) in [5, 5.41) is 6.56. The number of aryl methyl sites for hydroxylation is 3. The first-order valence-corrected chi connectivity index (χ1v) is 9.07. The van der Waals surface area contributed by atoms with Gasteiger partial charge in [0, 0.05) is 12.2 Å². The van der Waals surface area contributed by atoms with Gasteiger partial charge in [0.15, 0.2) is 5.11 Å². The lowest BCUT2D eigenvalue weighted by Crippen LogP contribution is -2.48. The summed E-state index contributed by atoms with van der Waals surface area (Å²) in [5.74, 6) is 0.598. The summed E-state index contributed by atoms with van der Waals surface area (Å²) < 4.78 is 5.12. The summed E-state index contributed by atoms with van der Waals surface area (Å²) in [6.07, 6.45) is 0. The van der Waals surface area contributed by atoms with E-state index >= 15 is 0 Å². The fraction of sp³-hybridized carbons (Fsp3) is 0.300. The number of carbonyl (C=O) groups is 1. The lowest BCUT2D eigenvalue weighted by Gasteiger charge is -2.15. The van der Waals surface area contributed by atoms with Crippen LogP contribution in [0.25, 0.3) is 0 Å². The summed E-state index contributed by atoms with van der Waals surface area (Å²) in [5.41, 5.74) is 10.8. The van der Waals surface area contributed by atoms with Crippen molar-refractivity contribution >= 4 is 28.9 Å². The third kappa shape index (κ3) is 6.45. The summed E-state index contributed by atoms with van der Waals surface area (Å²) in [6, 6.07) is 11.8. The van der Waals surface area contributed by atoms with Gasteiger partial charge in [-0.25, -0.2) is 0 Å². The van der Waals surface area contributed by atoms with E-state index in [2.05, 4.69) is 40.5 Å². The molecule has 27 heavy (non-hydrogen) atoms. The van der Waals surface area contributed by atoms with Crippen molar-refractivity contribution in [1.29, 1.82) is 0 Å². The Balaban J connectivity index is 1.72. The van der Waals surface area contributed by atoms with Crippen LogP contribution in [0.15, 0.2) is 36.4 Å². The van der Waals surface area contributed by atoms with Gasteiger partial charge in [-0.05, 0) is 61.8 Å². The fourth-order valence-corrected chi connectivity index (χ4v) is 2.89. The molecular formula is C20H26N4O2S. The van der Waals surface area contributed by atoms with Crippen molar-refractivity contribution < 1.29 is 9.53 Å². The Bertz CT molecular complexity index is 783. The number of hydrogen-bond acceptors (Lipinski definition) is 4. The Morgan fingerprint density at radius 2 is 1.67 bits per heavy atom. The molecule has 0 saturated carbocycles. The van der Waals surface area contributed by atoms with E-state index < -0.39 is 0 Å². The molecule has 0 aromatic heterocycles. The predicted molar refractivity (Wildman–Crippen MR) is 113 cm³/mol. The van der Waals surface area contributed by atoms with Gasteiger partial charge in [-0.2, -0.15) is 0 Å². The number of methoxy groups -OCH3 is 1. The van der Waals surface area contributed by atoms with E-state index in [-0.39, 0.29) is 12.5 Å². The van der Waals surface area contributed by atoms with Crippen LogP contribution in [0.1, 0.15) is 22.3 Å². The molecule has 7 heteroatoms. The minimum absolute atomic E-state index is 0.152. The van der Waals surface area contributed by atoms with Gasteiger partial charge in [0.05, 0.1) is 13.7 Å². The van der Waals surface area contributed by atoms with Crippen molar-refractivity contribution in [2.75, 3.05) is 19.0 Å². The Hall–Kier alpha value is -2.80. The van der Waals surface area contributed by atoms with Crippen molar-refractivity contribution in [3.63, 3.8) is 0 Å². The first-order valence-electron chi connectivity index (χ1n) is 8.66. The molecule has 2 aromatic carbocycles. The smallest absolute Gasteiger partial charge is 0.257 e. The van der Waals surface area contributed by atoms with Gasteiger partial charge in [-0.1, -0.05) is 29.8 Å². The van der Waals surface area contributed by atoms with Gasteiger partial charge in [-0.3, -0.25) is 15.6 Å². The van der Waals surface area contributed by atoms with E-state index in [9.17, 15) is 4.79 Å². The molecular weight excluding hydrogens is 360 g/mol. The number of benzene rings is 2. The van der Waals surface area contributed by atoms with Crippen LogP contribution in [0, 0.1) is 20.8 Å². The van der Waals surface area contributed by atoms with Crippen molar-refractivity contribution in [3.05, 3.63) is 58.7 Å². The number of carbonyl (C=O) groups excluding carboxylic acids is 1. The topological polar surface area (TPSA) is 74.4 Å². The lowest BCUT2D eigenvalue weighted by atomic mass is 10.1. The molecule has 0 saturated heterocycles. The maximum atomic E-state index is 12.0. The lowest BCUT2D eigenvalue weighted by molar-refractivity contribution is -0.119. The van der Waals surface area contributed by atoms with Crippen LogP contribution in [0.4, 0.5) is 5.69 Å². The second-order valence-corrected chi connectivity index (χ2v) is 6.74. The van der Waals surface area contributed by atoms with Crippen molar-refractivity contribution in [3.8, 4) is 5.75 Å². The summed E-state index contributed by atoms with van der Waals surface area (Å²) >= 11 is 5.17. The molecule has 0 radical (unpaired) electrons. The van der Waals surface area contributed by atoms with Crippen molar-refractivity contribution in [2.45, 2.75) is 27.3 Å². The molecule has 2 rings (SSSR count). The Morgan fingerprint density at radius 1 is 1.04 bits per heavy atom. The standard InChI is InChI=1S/C20H26N4O2S/c1-13-9-14(2)19(15(3)10-13)21-12-18(25)23-24-20(27)22-11-16-5-7-17(26-4)8-6-16/h5-10,21H,11-12H2,1-4H3,(H,23,25)(H2,22,24,27). The molecule has 0 spiro atoms. The molecule has 144 valence electrons. The number of rotatable bonds is 6. The summed E-state index contributed by atoms with van der Waals surface area (Å²) in [6.45, 7) is 6.80. The maximum absolute atomic E-state index is 12.0. The summed E-state index contributed by atoms with van der Waals surface area (Å²) in [7, 11) is 1.63. The molecule has 0 aliphatic carbocycles. The molecule has 0 aliphatic heterocycles. The van der Waals surface area contributed by atoms with Crippen LogP contribution in [-0.4, -0.2) is 24.7 Å². The molecule has 0 fully saturated rings. The van der Waals surface area contributed by atoms with E-state index in [1.165, 1.54) is 5.56 Å². The van der Waals surface area contributed by atoms with E-state index in [1.54, 1.807) is 7.11 Å². The number of nitrogens with one attached hydrogen (secondary N) is 4. The minimum atomic E-state index is -0.206. The molecule has 0 atom stereocenters. The first-order chi connectivity index (χ1) is 12.9. The quantitative estimate of drug-likeness (QED) is 0.452. The molecule has 0 heterocycles. The third-order valence-electron chi connectivity index (χ3n) is 4.03. The maximum Gasteiger partial charge on any atom is 0.257 e. The van der Waals surface area contributed by atoms with Crippen LogP contribution in [0.5, 0.6) is 5.75 Å². The largest absolute Gasteiger partial charge is 0.497 e. The van der Waals surface area contributed by atoms with Gasteiger partial charge < -0.3 is 15.4 Å². The monoisotopic (exact) mass is 386 g/mol. The second-order valence-electron chi connectivity index (χ2n) is 6.33. The van der Waals surface area contributed by atoms with Gasteiger partial charge in [0.25, 0.3) is 5.91 Å². The van der Waals surface area contributed by atoms with Crippen LogP contribution in [0.3, 0.4) is 0 Å². The molecule has 2 aromatic rings. The normalized spacial score (nSPS) is 10.1. The number of hydrazine groups is 1.